The molecule has 14 heavy (non-hydrogen) atoms. The number of benzene rings is 1. The van der Waals surface area contributed by atoms with Crippen LogP contribution in [0.4, 0.5) is 10.5 Å². The zero-order valence-electron chi connectivity index (χ0n) is 7.80. The monoisotopic (exact) mass is 193 g/mol. The Morgan fingerprint density at radius 2 is 2.07 bits per heavy atom. The normalized spacial score (nSPS) is 10.4. The van der Waals surface area contributed by atoms with Gasteiger partial charge in [0.15, 0.2) is 0 Å². The second-order valence-corrected chi connectivity index (χ2v) is 2.67. The summed E-state index contributed by atoms with van der Waals surface area (Å²) in [5, 5.41) is 7.42. The van der Waals surface area contributed by atoms with Crippen LogP contribution >= 0.6 is 0 Å². The Hall–Kier alpha value is -1.91. The van der Waals surface area contributed by atoms with E-state index < -0.39 is 6.09 Å². The van der Waals surface area contributed by atoms with E-state index in [2.05, 4.69) is 15.0 Å². The molecular formula is C9H11N3O2. The summed E-state index contributed by atoms with van der Waals surface area (Å²) in [7, 11) is 0. The van der Waals surface area contributed by atoms with Gasteiger partial charge in [0, 0.05) is 0 Å². The summed E-state index contributed by atoms with van der Waals surface area (Å²) in [6.07, 6.45) is -0.854. The maximum Gasteiger partial charge on any atom is 0.406 e. The van der Waals surface area contributed by atoms with Crippen LogP contribution in [0.3, 0.4) is 0 Å². The van der Waals surface area contributed by atoms with Crippen LogP contribution in [0.15, 0.2) is 34.5 Å². The van der Waals surface area contributed by atoms with Crippen LogP contribution in [0.2, 0.25) is 0 Å². The molecule has 1 aromatic carbocycles. The largest absolute Gasteiger partial charge is 0.425 e. The van der Waals surface area contributed by atoms with Crippen molar-refractivity contribution in [1.29, 1.82) is 0 Å². The number of carbonyl (C=O) groups excluding carboxylic acids is 1. The van der Waals surface area contributed by atoms with Crippen molar-refractivity contribution >= 4 is 11.8 Å². The number of hydrogen-bond donors (Lipinski definition) is 1. The molecule has 0 aliphatic carbocycles. The van der Waals surface area contributed by atoms with E-state index in [0.29, 0.717) is 5.69 Å². The fourth-order valence-electron chi connectivity index (χ4n) is 0.814. The second kappa shape index (κ2) is 4.96. The van der Waals surface area contributed by atoms with Gasteiger partial charge in [0.25, 0.3) is 0 Å². The Balaban J connectivity index is 2.44. The lowest BCUT2D eigenvalue weighted by molar-refractivity contribution is 0.158. The number of aryl methyl sites for hydroxylation is 1. The minimum Gasteiger partial charge on any atom is -0.425 e. The molecule has 1 amide bonds. The lowest BCUT2D eigenvalue weighted by Gasteiger charge is -1.94. The van der Waals surface area contributed by atoms with Crippen LogP contribution in [-0.4, -0.2) is 12.8 Å². The van der Waals surface area contributed by atoms with Crippen LogP contribution in [-0.2, 0) is 4.74 Å². The van der Waals surface area contributed by atoms with Crippen molar-refractivity contribution in [3.05, 3.63) is 29.8 Å². The van der Waals surface area contributed by atoms with Gasteiger partial charge in [0.2, 0.25) is 6.73 Å². The quantitative estimate of drug-likeness (QED) is 0.746. The van der Waals surface area contributed by atoms with Gasteiger partial charge in [-0.3, -0.25) is 0 Å². The van der Waals surface area contributed by atoms with E-state index in [1.165, 1.54) is 0 Å². The standard InChI is InChI=1S/C9H11N3O2/c1-7-2-4-8(5-3-7)12-11-6-14-9(10)13/h2-5H,6H2,1H3,(H2,10,13). The SMILES string of the molecule is Cc1ccc(N=NCOC(N)=O)cc1. The Bertz CT molecular complexity index is 332. The smallest absolute Gasteiger partial charge is 0.406 e. The highest BCUT2D eigenvalue weighted by atomic mass is 16.6. The molecule has 0 aliphatic heterocycles. The number of hydrogen-bond acceptors (Lipinski definition) is 4. The van der Waals surface area contributed by atoms with E-state index in [-0.39, 0.29) is 6.73 Å². The molecule has 1 aromatic rings. The summed E-state index contributed by atoms with van der Waals surface area (Å²) < 4.78 is 4.37. The van der Waals surface area contributed by atoms with Crippen molar-refractivity contribution in [2.45, 2.75) is 6.92 Å². The van der Waals surface area contributed by atoms with E-state index >= 15 is 0 Å². The molecule has 0 bridgehead atoms. The fourth-order valence-corrected chi connectivity index (χ4v) is 0.814. The predicted octanol–water partition coefficient (Wildman–Crippen LogP) is 2.13. The molecule has 1 rings (SSSR count). The highest BCUT2D eigenvalue weighted by Crippen LogP contribution is 2.12. The van der Waals surface area contributed by atoms with Crippen molar-refractivity contribution in [3.8, 4) is 0 Å². The van der Waals surface area contributed by atoms with Gasteiger partial charge in [0.1, 0.15) is 0 Å². The Morgan fingerprint density at radius 1 is 1.43 bits per heavy atom. The first-order valence-corrected chi connectivity index (χ1v) is 4.05. The molecule has 74 valence electrons. The number of rotatable bonds is 3. The van der Waals surface area contributed by atoms with Gasteiger partial charge in [-0.25, -0.2) is 4.79 Å². The molecular weight excluding hydrogens is 182 g/mol. The molecule has 0 saturated carbocycles. The molecule has 0 unspecified atom stereocenters. The zero-order valence-corrected chi connectivity index (χ0v) is 7.80. The van der Waals surface area contributed by atoms with Gasteiger partial charge >= 0.3 is 6.09 Å². The van der Waals surface area contributed by atoms with Gasteiger partial charge in [-0.15, -0.1) is 5.11 Å². The van der Waals surface area contributed by atoms with Crippen LogP contribution in [0.5, 0.6) is 0 Å². The Labute approximate surface area is 81.6 Å². The summed E-state index contributed by atoms with van der Waals surface area (Å²) in [6, 6.07) is 7.48. The van der Waals surface area contributed by atoms with E-state index in [4.69, 9.17) is 5.73 Å². The maximum absolute atomic E-state index is 10.2. The van der Waals surface area contributed by atoms with Crippen molar-refractivity contribution in [2.75, 3.05) is 6.73 Å². The van der Waals surface area contributed by atoms with Gasteiger partial charge in [-0.2, -0.15) is 5.11 Å². The Morgan fingerprint density at radius 3 is 2.64 bits per heavy atom. The number of carbonyl (C=O) groups is 1. The molecule has 5 nitrogen and oxygen atoms in total. The first-order chi connectivity index (χ1) is 6.68. The van der Waals surface area contributed by atoms with Crippen LogP contribution in [0, 0.1) is 6.92 Å². The summed E-state index contributed by atoms with van der Waals surface area (Å²) in [5.74, 6) is 0. The van der Waals surface area contributed by atoms with E-state index in [1.54, 1.807) is 0 Å². The second-order valence-electron chi connectivity index (χ2n) is 2.67. The number of nitrogens with zero attached hydrogens (tertiary/aromatic N) is 2. The maximum atomic E-state index is 10.2. The number of nitrogens with two attached hydrogens (primary N) is 1. The van der Waals surface area contributed by atoms with E-state index in [0.717, 1.165) is 5.56 Å². The van der Waals surface area contributed by atoms with Crippen molar-refractivity contribution in [3.63, 3.8) is 0 Å². The molecule has 0 aromatic heterocycles. The average Bonchev–Trinajstić information content (AvgIpc) is 2.15. The molecule has 0 radical (unpaired) electrons. The van der Waals surface area contributed by atoms with Gasteiger partial charge < -0.3 is 10.5 Å². The van der Waals surface area contributed by atoms with Crippen molar-refractivity contribution in [1.82, 2.24) is 0 Å². The van der Waals surface area contributed by atoms with E-state index in [9.17, 15) is 4.79 Å². The molecule has 0 atom stereocenters. The molecule has 0 spiro atoms. The molecule has 0 fully saturated rings. The Kier molecular flexibility index (Phi) is 3.60. The number of primary amides is 1. The van der Waals surface area contributed by atoms with Crippen LogP contribution in [0.1, 0.15) is 5.56 Å². The average molecular weight is 193 g/mol. The van der Waals surface area contributed by atoms with Gasteiger partial charge in [-0.1, -0.05) is 17.7 Å². The molecule has 5 heteroatoms. The summed E-state index contributed by atoms with van der Waals surface area (Å²) in [6.45, 7) is 1.83. The van der Waals surface area contributed by atoms with Crippen LogP contribution < -0.4 is 5.73 Å². The summed E-state index contributed by atoms with van der Waals surface area (Å²) in [5.41, 5.74) is 6.59. The minimum absolute atomic E-state index is 0.150. The summed E-state index contributed by atoms with van der Waals surface area (Å²) in [4.78, 5) is 10.2. The highest BCUT2D eigenvalue weighted by Gasteiger charge is 1.90. The van der Waals surface area contributed by atoms with Crippen LogP contribution in [0.25, 0.3) is 0 Å². The zero-order chi connectivity index (χ0) is 10.4. The van der Waals surface area contributed by atoms with Gasteiger partial charge in [-0.05, 0) is 19.1 Å². The third-order valence-corrected chi connectivity index (χ3v) is 1.48. The predicted molar refractivity (Wildman–Crippen MR) is 51.2 cm³/mol. The molecule has 0 aliphatic rings. The summed E-state index contributed by atoms with van der Waals surface area (Å²) >= 11 is 0. The molecule has 0 heterocycles. The van der Waals surface area contributed by atoms with Crippen molar-refractivity contribution < 1.29 is 9.53 Å². The van der Waals surface area contributed by atoms with E-state index in [1.807, 2.05) is 31.2 Å². The van der Waals surface area contributed by atoms with Gasteiger partial charge in [0.05, 0.1) is 5.69 Å². The topological polar surface area (TPSA) is 77.0 Å². The molecule has 2 N–H and O–H groups in total. The third kappa shape index (κ3) is 3.66. The molecule has 0 saturated heterocycles. The highest BCUT2D eigenvalue weighted by molar-refractivity contribution is 5.64. The minimum atomic E-state index is -0.854. The number of amides is 1. The first-order valence-electron chi connectivity index (χ1n) is 4.05. The number of azo groups is 1. The fraction of sp³-hybridized carbons (Fsp3) is 0.222. The number of ether oxygens (including phenoxy) is 1. The lowest BCUT2D eigenvalue weighted by Crippen LogP contribution is -2.12. The third-order valence-electron chi connectivity index (χ3n) is 1.48. The van der Waals surface area contributed by atoms with Crippen molar-refractivity contribution in [2.24, 2.45) is 16.0 Å². The first kappa shape index (κ1) is 10.2. The lowest BCUT2D eigenvalue weighted by atomic mass is 10.2.